The summed E-state index contributed by atoms with van der Waals surface area (Å²) in [5, 5.41) is 3.65. The topological polar surface area (TPSA) is 58.6 Å². The maximum Gasteiger partial charge on any atom is 0.407 e. The van der Waals surface area contributed by atoms with E-state index >= 15 is 0 Å². The minimum Gasteiger partial charge on any atom is -0.450 e. The number of rotatable bonds is 3. The standard InChI is InChI=1S/C15H18Cl2N2O3/c1-2-22-15(21)18-11-5-7-19(8-6-11)14(20)12-4-3-10(16)9-13(12)17/h3-4,9,11H,2,5-8H2,1H3,(H,18,21). The number of piperidine rings is 1. The predicted molar refractivity (Wildman–Crippen MR) is 85.5 cm³/mol. The van der Waals surface area contributed by atoms with Gasteiger partial charge in [-0.3, -0.25) is 4.79 Å². The van der Waals surface area contributed by atoms with Gasteiger partial charge in [0.15, 0.2) is 0 Å². The lowest BCUT2D eigenvalue weighted by Crippen LogP contribution is -2.46. The van der Waals surface area contributed by atoms with Crippen molar-refractivity contribution >= 4 is 35.2 Å². The second-order valence-corrected chi connectivity index (χ2v) is 5.90. The number of benzene rings is 1. The van der Waals surface area contributed by atoms with E-state index in [0.29, 0.717) is 48.1 Å². The van der Waals surface area contributed by atoms with Crippen molar-refractivity contribution in [1.82, 2.24) is 10.2 Å². The van der Waals surface area contributed by atoms with Gasteiger partial charge in [0.1, 0.15) is 0 Å². The zero-order chi connectivity index (χ0) is 16.1. The highest BCUT2D eigenvalue weighted by molar-refractivity contribution is 6.36. The molecule has 0 radical (unpaired) electrons. The molecule has 1 fully saturated rings. The SMILES string of the molecule is CCOC(=O)NC1CCN(C(=O)c2ccc(Cl)cc2Cl)CC1. The number of alkyl carbamates (subject to hydrolysis) is 1. The summed E-state index contributed by atoms with van der Waals surface area (Å²) in [6, 6.07) is 4.88. The number of carbonyl (C=O) groups is 2. The van der Waals surface area contributed by atoms with Crippen molar-refractivity contribution in [3.05, 3.63) is 33.8 Å². The normalized spacial score (nSPS) is 15.5. The molecule has 0 saturated carbocycles. The summed E-state index contributed by atoms with van der Waals surface area (Å²) in [5.74, 6) is -0.115. The first-order chi connectivity index (χ1) is 10.5. The van der Waals surface area contributed by atoms with Gasteiger partial charge in [-0.2, -0.15) is 0 Å². The fourth-order valence-electron chi connectivity index (χ4n) is 2.40. The Labute approximate surface area is 139 Å². The van der Waals surface area contributed by atoms with E-state index in [4.69, 9.17) is 27.9 Å². The van der Waals surface area contributed by atoms with Crippen molar-refractivity contribution in [3.8, 4) is 0 Å². The van der Waals surface area contributed by atoms with Gasteiger partial charge in [0.25, 0.3) is 5.91 Å². The monoisotopic (exact) mass is 344 g/mol. The number of hydrogen-bond acceptors (Lipinski definition) is 3. The Kier molecular flexibility index (Phi) is 5.91. The van der Waals surface area contributed by atoms with Crippen molar-refractivity contribution in [2.24, 2.45) is 0 Å². The van der Waals surface area contributed by atoms with Crippen molar-refractivity contribution in [3.63, 3.8) is 0 Å². The molecule has 1 heterocycles. The van der Waals surface area contributed by atoms with E-state index in [1.165, 1.54) is 0 Å². The van der Waals surface area contributed by atoms with Crippen LogP contribution in [0.25, 0.3) is 0 Å². The smallest absolute Gasteiger partial charge is 0.407 e. The summed E-state index contributed by atoms with van der Waals surface area (Å²) >= 11 is 11.9. The van der Waals surface area contributed by atoms with Crippen molar-refractivity contribution in [2.75, 3.05) is 19.7 Å². The lowest BCUT2D eigenvalue weighted by molar-refractivity contribution is 0.0703. The quantitative estimate of drug-likeness (QED) is 0.914. The third kappa shape index (κ3) is 4.27. The first-order valence-electron chi connectivity index (χ1n) is 7.19. The fraction of sp³-hybridized carbons (Fsp3) is 0.467. The van der Waals surface area contributed by atoms with Crippen LogP contribution >= 0.6 is 23.2 Å². The van der Waals surface area contributed by atoms with Gasteiger partial charge in [0, 0.05) is 24.2 Å². The second-order valence-electron chi connectivity index (χ2n) is 5.06. The minimum atomic E-state index is -0.409. The average Bonchev–Trinajstić information content (AvgIpc) is 2.47. The van der Waals surface area contributed by atoms with Gasteiger partial charge in [0.05, 0.1) is 17.2 Å². The number of carbonyl (C=O) groups excluding carboxylic acids is 2. The number of nitrogens with zero attached hydrogens (tertiary/aromatic N) is 1. The molecule has 0 unspecified atom stereocenters. The molecule has 0 aromatic heterocycles. The fourth-order valence-corrected chi connectivity index (χ4v) is 2.89. The maximum absolute atomic E-state index is 12.4. The molecule has 1 aromatic carbocycles. The van der Waals surface area contributed by atoms with Crippen LogP contribution in [0.5, 0.6) is 0 Å². The van der Waals surface area contributed by atoms with Crippen molar-refractivity contribution < 1.29 is 14.3 Å². The van der Waals surface area contributed by atoms with Gasteiger partial charge in [-0.1, -0.05) is 23.2 Å². The van der Waals surface area contributed by atoms with E-state index < -0.39 is 6.09 Å². The Bertz CT molecular complexity index is 558. The molecule has 1 N–H and O–H groups in total. The summed E-state index contributed by atoms with van der Waals surface area (Å²) in [7, 11) is 0. The molecule has 22 heavy (non-hydrogen) atoms. The second kappa shape index (κ2) is 7.70. The van der Waals surface area contributed by atoms with Crippen LogP contribution in [0.4, 0.5) is 4.79 Å². The Morgan fingerprint density at radius 2 is 2.00 bits per heavy atom. The van der Waals surface area contributed by atoms with Crippen LogP contribution in [-0.2, 0) is 4.74 Å². The van der Waals surface area contributed by atoms with Gasteiger partial charge in [-0.15, -0.1) is 0 Å². The number of likely N-dealkylation sites (tertiary alicyclic amines) is 1. The largest absolute Gasteiger partial charge is 0.450 e. The van der Waals surface area contributed by atoms with Gasteiger partial charge in [0.2, 0.25) is 0 Å². The predicted octanol–water partition coefficient (Wildman–Crippen LogP) is 3.34. The molecule has 5 nitrogen and oxygen atoms in total. The molecule has 7 heteroatoms. The van der Waals surface area contributed by atoms with Crippen LogP contribution in [-0.4, -0.2) is 42.6 Å². The molecule has 0 aliphatic carbocycles. The van der Waals surface area contributed by atoms with Crippen LogP contribution in [0.2, 0.25) is 10.0 Å². The molecular formula is C15H18Cl2N2O3. The number of nitrogens with one attached hydrogen (secondary N) is 1. The average molecular weight is 345 g/mol. The lowest BCUT2D eigenvalue weighted by Gasteiger charge is -2.32. The number of halogens is 2. The van der Waals surface area contributed by atoms with Gasteiger partial charge in [-0.05, 0) is 38.0 Å². The number of hydrogen-bond donors (Lipinski definition) is 1. The number of amides is 2. The number of ether oxygens (including phenoxy) is 1. The Morgan fingerprint density at radius 1 is 1.32 bits per heavy atom. The van der Waals surface area contributed by atoms with E-state index in [9.17, 15) is 9.59 Å². The van der Waals surface area contributed by atoms with E-state index in [2.05, 4.69) is 5.32 Å². The molecule has 120 valence electrons. The lowest BCUT2D eigenvalue weighted by atomic mass is 10.0. The zero-order valence-electron chi connectivity index (χ0n) is 12.3. The van der Waals surface area contributed by atoms with Crippen LogP contribution in [0.1, 0.15) is 30.1 Å². The molecule has 0 atom stereocenters. The minimum absolute atomic E-state index is 0.0313. The van der Waals surface area contributed by atoms with Crippen LogP contribution < -0.4 is 5.32 Å². The highest BCUT2D eigenvalue weighted by Crippen LogP contribution is 2.23. The van der Waals surface area contributed by atoms with Crippen LogP contribution in [0.3, 0.4) is 0 Å². The summed E-state index contributed by atoms with van der Waals surface area (Å²) in [4.78, 5) is 25.6. The third-order valence-corrected chi connectivity index (χ3v) is 4.09. The molecule has 1 aliphatic heterocycles. The zero-order valence-corrected chi connectivity index (χ0v) is 13.8. The molecule has 0 spiro atoms. The Hall–Kier alpha value is -1.46. The third-order valence-electron chi connectivity index (χ3n) is 3.54. The highest BCUT2D eigenvalue weighted by atomic mass is 35.5. The molecule has 1 saturated heterocycles. The van der Waals surface area contributed by atoms with Gasteiger partial charge >= 0.3 is 6.09 Å². The molecule has 0 bridgehead atoms. The molecular weight excluding hydrogens is 327 g/mol. The summed E-state index contributed by atoms with van der Waals surface area (Å²) in [5.41, 5.74) is 0.447. The molecule has 2 amide bonds. The van der Waals surface area contributed by atoms with E-state index in [0.717, 1.165) is 0 Å². The first-order valence-corrected chi connectivity index (χ1v) is 7.94. The van der Waals surface area contributed by atoms with E-state index in [1.54, 1.807) is 30.0 Å². The highest BCUT2D eigenvalue weighted by Gasteiger charge is 2.25. The van der Waals surface area contributed by atoms with Crippen molar-refractivity contribution in [1.29, 1.82) is 0 Å². The van der Waals surface area contributed by atoms with E-state index in [1.807, 2.05) is 0 Å². The summed E-state index contributed by atoms with van der Waals surface area (Å²) < 4.78 is 4.85. The summed E-state index contributed by atoms with van der Waals surface area (Å²) in [6.45, 7) is 3.23. The molecule has 2 rings (SSSR count). The van der Waals surface area contributed by atoms with Gasteiger partial charge in [-0.25, -0.2) is 4.79 Å². The van der Waals surface area contributed by atoms with Crippen molar-refractivity contribution in [2.45, 2.75) is 25.8 Å². The molecule has 1 aliphatic rings. The van der Waals surface area contributed by atoms with Crippen LogP contribution in [0.15, 0.2) is 18.2 Å². The first kappa shape index (κ1) is 16.9. The van der Waals surface area contributed by atoms with E-state index in [-0.39, 0.29) is 11.9 Å². The maximum atomic E-state index is 12.4. The Balaban J connectivity index is 1.91. The Morgan fingerprint density at radius 3 is 2.59 bits per heavy atom. The summed E-state index contributed by atoms with van der Waals surface area (Å²) in [6.07, 6.45) is 0.971. The van der Waals surface area contributed by atoms with Gasteiger partial charge < -0.3 is 15.0 Å². The molecule has 1 aromatic rings. The van der Waals surface area contributed by atoms with Crippen LogP contribution in [0, 0.1) is 0 Å².